The number of aliphatic hydroxyl groups excluding tert-OH is 1. The van der Waals surface area contributed by atoms with Crippen molar-refractivity contribution in [3.05, 3.63) is 65.6 Å². The normalized spacial score (nSPS) is 10.6. The second-order valence-electron chi connectivity index (χ2n) is 5.30. The van der Waals surface area contributed by atoms with E-state index in [0.29, 0.717) is 18.1 Å². The van der Waals surface area contributed by atoms with Crippen LogP contribution in [0.25, 0.3) is 5.82 Å². The Hall–Kier alpha value is -2.86. The highest BCUT2D eigenvalue weighted by atomic mass is 16.5. The van der Waals surface area contributed by atoms with Gasteiger partial charge in [-0.3, -0.25) is 0 Å². The van der Waals surface area contributed by atoms with Crippen molar-refractivity contribution in [2.75, 3.05) is 7.11 Å². The summed E-state index contributed by atoms with van der Waals surface area (Å²) in [5, 5.41) is 13.7. The molecule has 0 radical (unpaired) electrons. The van der Waals surface area contributed by atoms with Crippen LogP contribution in [0.5, 0.6) is 11.5 Å². The average Bonchev–Trinajstić information content (AvgIpc) is 3.01. The minimum atomic E-state index is -0.0351. The lowest BCUT2D eigenvalue weighted by molar-refractivity contribution is 0.274. The van der Waals surface area contributed by atoms with Gasteiger partial charge in [0.2, 0.25) is 0 Å². The van der Waals surface area contributed by atoms with Gasteiger partial charge in [0.15, 0.2) is 17.3 Å². The van der Waals surface area contributed by atoms with Crippen LogP contribution in [0.15, 0.2) is 48.8 Å². The lowest BCUT2D eigenvalue weighted by Crippen LogP contribution is -1.99. The van der Waals surface area contributed by atoms with E-state index in [-0.39, 0.29) is 6.61 Å². The third-order valence-electron chi connectivity index (χ3n) is 3.68. The van der Waals surface area contributed by atoms with Gasteiger partial charge in [0.05, 0.1) is 19.4 Å². The van der Waals surface area contributed by atoms with Crippen molar-refractivity contribution in [3.8, 4) is 17.3 Å². The summed E-state index contributed by atoms with van der Waals surface area (Å²) in [4.78, 5) is 4.28. The largest absolute Gasteiger partial charge is 0.493 e. The monoisotopic (exact) mass is 325 g/mol. The van der Waals surface area contributed by atoms with Gasteiger partial charge in [-0.2, -0.15) is 5.10 Å². The van der Waals surface area contributed by atoms with Crippen LogP contribution in [0.3, 0.4) is 0 Å². The Labute approximate surface area is 140 Å². The van der Waals surface area contributed by atoms with E-state index in [4.69, 9.17) is 9.47 Å². The second kappa shape index (κ2) is 7.14. The number of pyridine rings is 1. The molecule has 2 aromatic heterocycles. The lowest BCUT2D eigenvalue weighted by Gasteiger charge is -2.11. The molecule has 0 fully saturated rings. The minimum Gasteiger partial charge on any atom is -0.493 e. The van der Waals surface area contributed by atoms with E-state index < -0.39 is 0 Å². The molecule has 0 spiro atoms. The van der Waals surface area contributed by atoms with Gasteiger partial charge in [0, 0.05) is 18.0 Å². The summed E-state index contributed by atoms with van der Waals surface area (Å²) in [5.74, 6) is 1.98. The Kier molecular flexibility index (Phi) is 4.77. The molecule has 0 aliphatic heterocycles. The highest BCUT2D eigenvalue weighted by Crippen LogP contribution is 2.29. The molecule has 0 saturated heterocycles. The summed E-state index contributed by atoms with van der Waals surface area (Å²) < 4.78 is 12.9. The van der Waals surface area contributed by atoms with E-state index >= 15 is 0 Å². The van der Waals surface area contributed by atoms with E-state index in [1.54, 1.807) is 30.1 Å². The van der Waals surface area contributed by atoms with Crippen molar-refractivity contribution in [1.82, 2.24) is 14.8 Å². The molecular formula is C18H19N3O3. The molecular weight excluding hydrogens is 306 g/mol. The standard InChI is InChI=1S/C18H19N3O3/c1-13-15(10-21(20-13)18-5-3-4-8-19-18)12-24-16-7-6-14(11-22)9-17(16)23-2/h3-10,22H,11-12H2,1-2H3. The van der Waals surface area contributed by atoms with Crippen LogP contribution in [-0.4, -0.2) is 27.0 Å². The maximum atomic E-state index is 9.19. The van der Waals surface area contributed by atoms with Gasteiger partial charge in [-0.05, 0) is 36.8 Å². The maximum Gasteiger partial charge on any atom is 0.161 e. The van der Waals surface area contributed by atoms with E-state index in [9.17, 15) is 5.11 Å². The van der Waals surface area contributed by atoms with Crippen molar-refractivity contribution >= 4 is 0 Å². The summed E-state index contributed by atoms with van der Waals surface area (Å²) in [6, 6.07) is 11.0. The molecule has 0 unspecified atom stereocenters. The topological polar surface area (TPSA) is 69.4 Å². The third kappa shape index (κ3) is 3.38. The number of aliphatic hydroxyl groups is 1. The molecule has 3 rings (SSSR count). The molecule has 1 N–H and O–H groups in total. The zero-order valence-electron chi connectivity index (χ0n) is 13.6. The quantitative estimate of drug-likeness (QED) is 0.754. The second-order valence-corrected chi connectivity index (χ2v) is 5.30. The zero-order chi connectivity index (χ0) is 16.9. The van der Waals surface area contributed by atoms with E-state index in [2.05, 4.69) is 10.1 Å². The fourth-order valence-electron chi connectivity index (χ4n) is 2.33. The number of hydrogen-bond donors (Lipinski definition) is 1. The SMILES string of the molecule is COc1cc(CO)ccc1OCc1cn(-c2ccccn2)nc1C. The number of aromatic nitrogens is 3. The number of benzene rings is 1. The van der Waals surface area contributed by atoms with Crippen LogP contribution >= 0.6 is 0 Å². The fourth-order valence-corrected chi connectivity index (χ4v) is 2.33. The van der Waals surface area contributed by atoms with Crippen molar-refractivity contribution in [3.63, 3.8) is 0 Å². The van der Waals surface area contributed by atoms with Gasteiger partial charge in [0.25, 0.3) is 0 Å². The number of ether oxygens (including phenoxy) is 2. The Morgan fingerprint density at radius 3 is 2.75 bits per heavy atom. The molecule has 124 valence electrons. The number of nitrogens with zero attached hydrogens (tertiary/aromatic N) is 3. The Balaban J connectivity index is 1.77. The van der Waals surface area contributed by atoms with E-state index in [1.807, 2.05) is 37.4 Å². The van der Waals surface area contributed by atoms with Crippen LogP contribution in [0.1, 0.15) is 16.8 Å². The molecule has 1 aromatic carbocycles. The molecule has 6 nitrogen and oxygen atoms in total. The summed E-state index contributed by atoms with van der Waals surface area (Å²) >= 11 is 0. The summed E-state index contributed by atoms with van der Waals surface area (Å²) in [7, 11) is 1.58. The first kappa shape index (κ1) is 16.0. The number of hydrogen-bond acceptors (Lipinski definition) is 5. The highest BCUT2D eigenvalue weighted by Gasteiger charge is 2.10. The minimum absolute atomic E-state index is 0.0351. The number of aryl methyl sites for hydroxylation is 1. The predicted octanol–water partition coefficient (Wildman–Crippen LogP) is 2.66. The maximum absolute atomic E-state index is 9.19. The molecule has 3 aromatic rings. The van der Waals surface area contributed by atoms with Gasteiger partial charge in [-0.1, -0.05) is 12.1 Å². The van der Waals surface area contributed by atoms with Crippen molar-refractivity contribution in [2.24, 2.45) is 0 Å². The van der Waals surface area contributed by atoms with Gasteiger partial charge < -0.3 is 14.6 Å². The van der Waals surface area contributed by atoms with Crippen LogP contribution < -0.4 is 9.47 Å². The van der Waals surface area contributed by atoms with Gasteiger partial charge >= 0.3 is 0 Å². The average molecular weight is 325 g/mol. The van der Waals surface area contributed by atoms with Crippen molar-refractivity contribution in [1.29, 1.82) is 0 Å². The summed E-state index contributed by atoms with van der Waals surface area (Å²) in [6.45, 7) is 2.27. The highest BCUT2D eigenvalue weighted by molar-refractivity contribution is 5.43. The lowest BCUT2D eigenvalue weighted by atomic mass is 10.2. The third-order valence-corrected chi connectivity index (χ3v) is 3.68. The molecule has 0 atom stereocenters. The number of methoxy groups -OCH3 is 1. The van der Waals surface area contributed by atoms with Gasteiger partial charge in [0.1, 0.15) is 6.61 Å². The zero-order valence-corrected chi connectivity index (χ0v) is 13.6. The molecule has 0 saturated carbocycles. The van der Waals surface area contributed by atoms with Crippen LogP contribution in [0.4, 0.5) is 0 Å². The van der Waals surface area contributed by atoms with Crippen LogP contribution in [0.2, 0.25) is 0 Å². The smallest absolute Gasteiger partial charge is 0.161 e. The van der Waals surface area contributed by atoms with E-state index in [0.717, 1.165) is 22.6 Å². The van der Waals surface area contributed by atoms with Crippen molar-refractivity contribution in [2.45, 2.75) is 20.1 Å². The first-order valence-corrected chi connectivity index (χ1v) is 7.58. The molecule has 0 aliphatic rings. The molecule has 6 heteroatoms. The Bertz CT molecular complexity index is 816. The van der Waals surface area contributed by atoms with E-state index in [1.165, 1.54) is 0 Å². The van der Waals surface area contributed by atoms with Crippen LogP contribution in [0, 0.1) is 6.92 Å². The van der Waals surface area contributed by atoms with Crippen LogP contribution in [-0.2, 0) is 13.2 Å². The molecule has 2 heterocycles. The van der Waals surface area contributed by atoms with Gasteiger partial charge in [-0.15, -0.1) is 0 Å². The summed E-state index contributed by atoms with van der Waals surface area (Å²) in [6.07, 6.45) is 3.64. The molecule has 0 amide bonds. The molecule has 0 aliphatic carbocycles. The first-order valence-electron chi connectivity index (χ1n) is 7.58. The predicted molar refractivity (Wildman–Crippen MR) is 89.3 cm³/mol. The Morgan fingerprint density at radius 2 is 2.04 bits per heavy atom. The molecule has 24 heavy (non-hydrogen) atoms. The van der Waals surface area contributed by atoms with Crippen molar-refractivity contribution < 1.29 is 14.6 Å². The number of rotatable bonds is 6. The summed E-state index contributed by atoms with van der Waals surface area (Å²) in [5.41, 5.74) is 2.62. The Morgan fingerprint density at radius 1 is 1.17 bits per heavy atom. The fraction of sp³-hybridized carbons (Fsp3) is 0.222. The first-order chi connectivity index (χ1) is 11.7. The molecule has 0 bridgehead atoms. The van der Waals surface area contributed by atoms with Gasteiger partial charge in [-0.25, -0.2) is 9.67 Å².